The molecule has 96 valence electrons. The molecular weight excluding hydrogens is 292 g/mol. The summed E-state index contributed by atoms with van der Waals surface area (Å²) in [4.78, 5) is 0. The van der Waals surface area contributed by atoms with E-state index in [-0.39, 0.29) is 5.54 Å². The smallest absolute Gasteiger partial charge is 0.195 e. The van der Waals surface area contributed by atoms with Crippen LogP contribution in [0.5, 0.6) is 0 Å². The van der Waals surface area contributed by atoms with E-state index in [4.69, 9.17) is 0 Å². The molecule has 0 unspecified atom stereocenters. The van der Waals surface area contributed by atoms with Crippen molar-refractivity contribution in [2.75, 3.05) is 19.4 Å². The van der Waals surface area contributed by atoms with Gasteiger partial charge in [-0.25, -0.2) is 0 Å². The lowest BCUT2D eigenvalue weighted by Crippen LogP contribution is -2.54. The maximum Gasteiger partial charge on any atom is 0.279 e. The van der Waals surface area contributed by atoms with Gasteiger partial charge in [0, 0.05) is 25.0 Å². The first-order chi connectivity index (χ1) is 7.31. The molecule has 1 saturated carbocycles. The van der Waals surface area contributed by atoms with Crippen molar-refractivity contribution in [1.82, 2.24) is 9.03 Å². The first kappa shape index (κ1) is 14.4. The minimum atomic E-state index is -3.33. The van der Waals surface area contributed by atoms with Gasteiger partial charge in [0.25, 0.3) is 10.2 Å². The van der Waals surface area contributed by atoms with E-state index < -0.39 is 10.2 Å². The third-order valence-corrected chi connectivity index (χ3v) is 6.04. The normalized spacial score (nSPS) is 31.9. The minimum Gasteiger partial charge on any atom is -0.195 e. The Morgan fingerprint density at radius 2 is 1.88 bits per heavy atom. The SMILES string of the molecule is CC1CCC(CBr)(NS(=O)(=O)N(C)C)CC1. The van der Waals surface area contributed by atoms with Gasteiger partial charge in [-0.15, -0.1) is 0 Å². The van der Waals surface area contributed by atoms with Crippen LogP contribution in [0.4, 0.5) is 0 Å². The van der Waals surface area contributed by atoms with E-state index in [9.17, 15) is 8.42 Å². The maximum absolute atomic E-state index is 11.8. The predicted octanol–water partition coefficient (Wildman–Crippen LogP) is 1.73. The van der Waals surface area contributed by atoms with Crippen LogP contribution < -0.4 is 4.72 Å². The average molecular weight is 313 g/mol. The molecular formula is C10H21BrN2O2S. The van der Waals surface area contributed by atoms with E-state index in [1.807, 2.05) is 0 Å². The highest BCUT2D eigenvalue weighted by Crippen LogP contribution is 2.33. The van der Waals surface area contributed by atoms with Crippen LogP contribution in [0, 0.1) is 5.92 Å². The topological polar surface area (TPSA) is 49.4 Å². The van der Waals surface area contributed by atoms with Gasteiger partial charge in [-0.1, -0.05) is 22.9 Å². The molecule has 0 spiro atoms. The molecule has 1 N–H and O–H groups in total. The van der Waals surface area contributed by atoms with Gasteiger partial charge in [0.15, 0.2) is 0 Å². The van der Waals surface area contributed by atoms with Crippen LogP contribution in [0.15, 0.2) is 0 Å². The van der Waals surface area contributed by atoms with Crippen molar-refractivity contribution in [2.45, 2.75) is 38.1 Å². The maximum atomic E-state index is 11.8. The second-order valence-corrected chi connectivity index (χ2v) is 7.43. The monoisotopic (exact) mass is 312 g/mol. The Kier molecular flexibility index (Phi) is 4.80. The van der Waals surface area contributed by atoms with E-state index in [0.717, 1.165) is 25.7 Å². The largest absolute Gasteiger partial charge is 0.279 e. The van der Waals surface area contributed by atoms with Crippen LogP contribution in [-0.2, 0) is 10.2 Å². The molecule has 0 aromatic rings. The zero-order chi connectivity index (χ0) is 12.4. The molecule has 0 bridgehead atoms. The summed E-state index contributed by atoms with van der Waals surface area (Å²) in [5.74, 6) is 0.705. The summed E-state index contributed by atoms with van der Waals surface area (Å²) in [6.45, 7) is 2.22. The van der Waals surface area contributed by atoms with Gasteiger partial charge in [0.1, 0.15) is 0 Å². The van der Waals surface area contributed by atoms with Gasteiger partial charge >= 0.3 is 0 Å². The molecule has 0 atom stereocenters. The molecule has 1 fully saturated rings. The molecule has 1 aliphatic rings. The standard InChI is InChI=1S/C10H21BrN2O2S/c1-9-4-6-10(8-11,7-5-9)12-16(14,15)13(2)3/h9,12H,4-8H2,1-3H3. The zero-order valence-electron chi connectivity index (χ0n) is 10.2. The van der Waals surface area contributed by atoms with Crippen molar-refractivity contribution >= 4 is 26.1 Å². The molecule has 0 aromatic heterocycles. The second-order valence-electron chi connectivity index (χ2n) is 4.99. The van der Waals surface area contributed by atoms with Gasteiger partial charge in [-0.05, 0) is 31.6 Å². The highest BCUT2D eigenvalue weighted by molar-refractivity contribution is 9.09. The quantitative estimate of drug-likeness (QED) is 0.804. The van der Waals surface area contributed by atoms with Gasteiger partial charge in [0.2, 0.25) is 0 Å². The Morgan fingerprint density at radius 3 is 2.25 bits per heavy atom. The minimum absolute atomic E-state index is 0.296. The lowest BCUT2D eigenvalue weighted by Gasteiger charge is -2.39. The van der Waals surface area contributed by atoms with Crippen molar-refractivity contribution in [3.8, 4) is 0 Å². The van der Waals surface area contributed by atoms with Crippen LogP contribution in [-0.4, -0.2) is 37.7 Å². The van der Waals surface area contributed by atoms with Gasteiger partial charge in [0.05, 0.1) is 0 Å². The molecule has 0 amide bonds. The number of nitrogens with one attached hydrogen (secondary N) is 1. The van der Waals surface area contributed by atoms with Crippen LogP contribution in [0.2, 0.25) is 0 Å². The van der Waals surface area contributed by atoms with Gasteiger partial charge in [-0.2, -0.15) is 17.4 Å². The van der Waals surface area contributed by atoms with Crippen LogP contribution in [0.3, 0.4) is 0 Å². The number of hydrogen-bond donors (Lipinski definition) is 1. The molecule has 0 saturated heterocycles. The molecule has 0 heterocycles. The average Bonchev–Trinajstić information content (AvgIpc) is 2.21. The van der Waals surface area contributed by atoms with E-state index in [2.05, 4.69) is 27.6 Å². The van der Waals surface area contributed by atoms with Gasteiger partial charge in [-0.3, -0.25) is 0 Å². The number of hydrogen-bond acceptors (Lipinski definition) is 2. The molecule has 0 radical (unpaired) electrons. The zero-order valence-corrected chi connectivity index (χ0v) is 12.6. The first-order valence-electron chi connectivity index (χ1n) is 5.59. The molecule has 1 rings (SSSR count). The fourth-order valence-corrected chi connectivity index (χ4v) is 3.84. The summed E-state index contributed by atoms with van der Waals surface area (Å²) in [6, 6.07) is 0. The second kappa shape index (κ2) is 5.33. The molecule has 0 aliphatic heterocycles. The third kappa shape index (κ3) is 3.42. The Labute approximate surface area is 107 Å². The molecule has 4 nitrogen and oxygen atoms in total. The Bertz CT molecular complexity index is 322. The van der Waals surface area contributed by atoms with Crippen LogP contribution in [0.1, 0.15) is 32.6 Å². The highest BCUT2D eigenvalue weighted by atomic mass is 79.9. The number of alkyl halides is 1. The molecule has 16 heavy (non-hydrogen) atoms. The summed E-state index contributed by atoms with van der Waals surface area (Å²) in [7, 11) is -0.230. The summed E-state index contributed by atoms with van der Waals surface area (Å²) in [5, 5.41) is 0.680. The summed E-state index contributed by atoms with van der Waals surface area (Å²) < 4.78 is 27.7. The van der Waals surface area contributed by atoms with Crippen LogP contribution in [0.25, 0.3) is 0 Å². The van der Waals surface area contributed by atoms with Crippen LogP contribution >= 0.6 is 15.9 Å². The summed E-state index contributed by atoms with van der Waals surface area (Å²) in [6.07, 6.45) is 3.99. The summed E-state index contributed by atoms with van der Waals surface area (Å²) in [5.41, 5.74) is -0.296. The lowest BCUT2D eigenvalue weighted by atomic mass is 9.79. The van der Waals surface area contributed by atoms with E-state index in [1.165, 1.54) is 4.31 Å². The number of halogens is 1. The van der Waals surface area contributed by atoms with Crippen molar-refractivity contribution in [2.24, 2.45) is 5.92 Å². The van der Waals surface area contributed by atoms with Crippen molar-refractivity contribution in [3.05, 3.63) is 0 Å². The van der Waals surface area contributed by atoms with Crippen molar-refractivity contribution < 1.29 is 8.42 Å². The van der Waals surface area contributed by atoms with E-state index >= 15 is 0 Å². The Morgan fingerprint density at radius 1 is 1.38 bits per heavy atom. The lowest BCUT2D eigenvalue weighted by molar-refractivity contribution is 0.246. The predicted molar refractivity (Wildman–Crippen MR) is 69.9 cm³/mol. The Hall–Kier alpha value is 0.350. The van der Waals surface area contributed by atoms with Crippen molar-refractivity contribution in [1.29, 1.82) is 0 Å². The highest BCUT2D eigenvalue weighted by Gasteiger charge is 2.37. The molecule has 6 heteroatoms. The molecule has 0 aromatic carbocycles. The number of nitrogens with zero attached hydrogens (tertiary/aromatic N) is 1. The van der Waals surface area contributed by atoms with Crippen molar-refractivity contribution in [3.63, 3.8) is 0 Å². The van der Waals surface area contributed by atoms with E-state index in [0.29, 0.717) is 11.2 Å². The fraction of sp³-hybridized carbons (Fsp3) is 1.00. The summed E-state index contributed by atoms with van der Waals surface area (Å²) >= 11 is 3.44. The van der Waals surface area contributed by atoms with Gasteiger partial charge < -0.3 is 0 Å². The first-order valence-corrected chi connectivity index (χ1v) is 8.15. The molecule has 1 aliphatic carbocycles. The third-order valence-electron chi connectivity index (χ3n) is 3.31. The fourth-order valence-electron chi connectivity index (χ4n) is 1.94. The number of rotatable bonds is 4. The Balaban J connectivity index is 2.76. The van der Waals surface area contributed by atoms with E-state index in [1.54, 1.807) is 14.1 Å².